The number of aliphatic hydroxyl groups is 2. The van der Waals surface area contributed by atoms with Crippen molar-refractivity contribution in [3.63, 3.8) is 0 Å². The van der Waals surface area contributed by atoms with Gasteiger partial charge in [0.25, 0.3) is 0 Å². The Kier molecular flexibility index (Phi) is 2.77. The zero-order chi connectivity index (χ0) is 13.9. The summed E-state index contributed by atoms with van der Waals surface area (Å²) < 4.78 is 0. The monoisotopic (exact) mass is 272 g/mol. The summed E-state index contributed by atoms with van der Waals surface area (Å²) in [6, 6.07) is 0. The standard InChI is InChI=1S/C18H24O2/c1-18-9-8-14-13-5-3-12(19)10-11(13)2-4-15(14)16(18)6-7-17(18)20/h2,4,8,12-13,16-17,19-20H,3,5-7,9-10H2,1H3/t12-,13?,16-,17-,18-/m0/s1. The topological polar surface area (TPSA) is 40.5 Å². The van der Waals surface area contributed by atoms with Crippen LogP contribution in [0.2, 0.25) is 0 Å². The van der Waals surface area contributed by atoms with Gasteiger partial charge in [-0.2, -0.15) is 0 Å². The Morgan fingerprint density at radius 1 is 1.05 bits per heavy atom. The van der Waals surface area contributed by atoms with E-state index >= 15 is 0 Å². The molecule has 2 fully saturated rings. The smallest absolute Gasteiger partial charge is 0.0602 e. The molecule has 0 aromatic heterocycles. The van der Waals surface area contributed by atoms with Crippen molar-refractivity contribution in [3.05, 3.63) is 34.9 Å². The quantitative estimate of drug-likeness (QED) is 0.711. The molecule has 2 saturated carbocycles. The van der Waals surface area contributed by atoms with E-state index < -0.39 is 0 Å². The summed E-state index contributed by atoms with van der Waals surface area (Å²) in [5, 5.41) is 20.2. The maximum atomic E-state index is 10.3. The molecule has 20 heavy (non-hydrogen) atoms. The largest absolute Gasteiger partial charge is 0.393 e. The Morgan fingerprint density at radius 3 is 2.75 bits per heavy atom. The van der Waals surface area contributed by atoms with E-state index in [2.05, 4.69) is 25.2 Å². The van der Waals surface area contributed by atoms with Crippen molar-refractivity contribution in [2.24, 2.45) is 17.3 Å². The van der Waals surface area contributed by atoms with E-state index in [0.717, 1.165) is 38.5 Å². The first-order valence-electron chi connectivity index (χ1n) is 8.07. The summed E-state index contributed by atoms with van der Waals surface area (Å²) in [6.07, 6.45) is 12.6. The molecule has 0 radical (unpaired) electrons. The highest BCUT2D eigenvalue weighted by Crippen LogP contribution is 2.57. The summed E-state index contributed by atoms with van der Waals surface area (Å²) in [5.41, 5.74) is 4.47. The van der Waals surface area contributed by atoms with Crippen LogP contribution in [0.25, 0.3) is 0 Å². The fraction of sp³-hybridized carbons (Fsp3) is 0.667. The lowest BCUT2D eigenvalue weighted by Crippen LogP contribution is -2.38. The molecular formula is C18H24O2. The Morgan fingerprint density at radius 2 is 1.90 bits per heavy atom. The summed E-state index contributed by atoms with van der Waals surface area (Å²) in [5.74, 6) is 1.07. The Labute approximate surface area is 120 Å². The minimum atomic E-state index is -0.148. The van der Waals surface area contributed by atoms with Crippen molar-refractivity contribution in [3.8, 4) is 0 Å². The molecule has 4 aliphatic rings. The molecule has 0 heterocycles. The van der Waals surface area contributed by atoms with Gasteiger partial charge in [-0.15, -0.1) is 0 Å². The second-order valence-corrected chi connectivity index (χ2v) is 7.37. The van der Waals surface area contributed by atoms with E-state index in [1.54, 1.807) is 0 Å². The first-order chi connectivity index (χ1) is 9.59. The van der Waals surface area contributed by atoms with E-state index in [4.69, 9.17) is 0 Å². The van der Waals surface area contributed by atoms with Crippen LogP contribution in [0.15, 0.2) is 34.9 Å². The summed E-state index contributed by atoms with van der Waals surface area (Å²) in [4.78, 5) is 0. The van der Waals surface area contributed by atoms with Gasteiger partial charge >= 0.3 is 0 Å². The minimum Gasteiger partial charge on any atom is -0.393 e. The average Bonchev–Trinajstić information content (AvgIpc) is 2.74. The van der Waals surface area contributed by atoms with Crippen LogP contribution in [-0.2, 0) is 0 Å². The van der Waals surface area contributed by atoms with E-state index in [1.807, 2.05) is 0 Å². The van der Waals surface area contributed by atoms with Gasteiger partial charge in [0.15, 0.2) is 0 Å². The molecule has 0 aromatic carbocycles. The van der Waals surface area contributed by atoms with Gasteiger partial charge in [-0.3, -0.25) is 0 Å². The average molecular weight is 272 g/mol. The number of fused-ring (bicyclic) bond motifs is 5. The highest BCUT2D eigenvalue weighted by atomic mass is 16.3. The number of hydrogen-bond donors (Lipinski definition) is 2. The van der Waals surface area contributed by atoms with E-state index in [0.29, 0.717) is 11.8 Å². The number of rotatable bonds is 0. The molecule has 2 N–H and O–H groups in total. The third-order valence-electron chi connectivity index (χ3n) is 6.32. The number of hydrogen-bond acceptors (Lipinski definition) is 2. The van der Waals surface area contributed by atoms with Gasteiger partial charge in [-0.05, 0) is 55.6 Å². The van der Waals surface area contributed by atoms with Gasteiger partial charge < -0.3 is 10.2 Å². The van der Waals surface area contributed by atoms with Gasteiger partial charge in [-0.1, -0.05) is 30.7 Å². The molecule has 4 aliphatic carbocycles. The SMILES string of the molecule is C[C@]12CC=C3C(=CC=C4C[C@@H](O)CCC43)[C@@H]1CC[C@@H]2O. The second-order valence-electron chi connectivity index (χ2n) is 7.37. The van der Waals surface area contributed by atoms with Gasteiger partial charge in [-0.25, -0.2) is 0 Å². The van der Waals surface area contributed by atoms with E-state index in [9.17, 15) is 10.2 Å². The molecule has 0 spiro atoms. The lowest BCUT2D eigenvalue weighted by molar-refractivity contribution is 0.0469. The molecule has 2 nitrogen and oxygen atoms in total. The van der Waals surface area contributed by atoms with Crippen LogP contribution in [-0.4, -0.2) is 22.4 Å². The van der Waals surface area contributed by atoms with Crippen LogP contribution in [0.4, 0.5) is 0 Å². The predicted molar refractivity (Wildman–Crippen MR) is 79.1 cm³/mol. The lowest BCUT2D eigenvalue weighted by atomic mass is 9.61. The molecule has 108 valence electrons. The Bertz CT molecular complexity index is 528. The van der Waals surface area contributed by atoms with Crippen molar-refractivity contribution >= 4 is 0 Å². The lowest BCUT2D eigenvalue weighted by Gasteiger charge is -2.44. The molecule has 0 aromatic rings. The third-order valence-corrected chi connectivity index (χ3v) is 6.32. The van der Waals surface area contributed by atoms with Crippen molar-refractivity contribution < 1.29 is 10.2 Å². The zero-order valence-corrected chi connectivity index (χ0v) is 12.2. The third kappa shape index (κ3) is 1.64. The van der Waals surface area contributed by atoms with Gasteiger partial charge in [0.2, 0.25) is 0 Å². The molecule has 2 heteroatoms. The van der Waals surface area contributed by atoms with Crippen molar-refractivity contribution in [1.82, 2.24) is 0 Å². The van der Waals surface area contributed by atoms with Crippen LogP contribution < -0.4 is 0 Å². The molecular weight excluding hydrogens is 248 g/mol. The van der Waals surface area contributed by atoms with Crippen LogP contribution >= 0.6 is 0 Å². The molecule has 5 atom stereocenters. The molecule has 0 aliphatic heterocycles. The maximum absolute atomic E-state index is 10.3. The van der Waals surface area contributed by atoms with Crippen molar-refractivity contribution in [1.29, 1.82) is 0 Å². The fourth-order valence-corrected chi connectivity index (χ4v) is 5.01. The van der Waals surface area contributed by atoms with Crippen LogP contribution in [0.5, 0.6) is 0 Å². The van der Waals surface area contributed by atoms with Gasteiger partial charge in [0, 0.05) is 11.3 Å². The molecule has 0 bridgehead atoms. The summed E-state index contributed by atoms with van der Waals surface area (Å²) >= 11 is 0. The van der Waals surface area contributed by atoms with Gasteiger partial charge in [0.05, 0.1) is 12.2 Å². The summed E-state index contributed by atoms with van der Waals surface area (Å²) in [6.45, 7) is 2.26. The normalized spacial score (nSPS) is 46.6. The molecule has 0 amide bonds. The molecule has 0 saturated heterocycles. The Hall–Kier alpha value is -0.860. The maximum Gasteiger partial charge on any atom is 0.0602 e. The number of allylic oxidation sites excluding steroid dienone is 5. The highest BCUT2D eigenvalue weighted by molar-refractivity contribution is 5.50. The fourth-order valence-electron chi connectivity index (χ4n) is 5.01. The van der Waals surface area contributed by atoms with Crippen LogP contribution in [0.1, 0.15) is 45.4 Å². The van der Waals surface area contributed by atoms with E-state index in [-0.39, 0.29) is 17.6 Å². The number of aliphatic hydroxyl groups excluding tert-OH is 2. The van der Waals surface area contributed by atoms with Crippen LogP contribution in [0, 0.1) is 17.3 Å². The zero-order valence-electron chi connectivity index (χ0n) is 12.2. The Balaban J connectivity index is 1.74. The van der Waals surface area contributed by atoms with Crippen molar-refractivity contribution in [2.75, 3.05) is 0 Å². The highest BCUT2D eigenvalue weighted by Gasteiger charge is 2.50. The minimum absolute atomic E-state index is 0.0505. The second kappa shape index (κ2) is 4.32. The first kappa shape index (κ1) is 12.8. The molecule has 4 rings (SSSR count). The van der Waals surface area contributed by atoms with Crippen LogP contribution in [0.3, 0.4) is 0 Å². The predicted octanol–water partition coefficient (Wildman–Crippen LogP) is 3.12. The first-order valence-corrected chi connectivity index (χ1v) is 8.07. The van der Waals surface area contributed by atoms with E-state index in [1.165, 1.54) is 16.7 Å². The molecule has 1 unspecified atom stereocenters. The summed E-state index contributed by atoms with van der Waals surface area (Å²) in [7, 11) is 0. The van der Waals surface area contributed by atoms with Crippen molar-refractivity contribution in [2.45, 2.75) is 57.7 Å². The van der Waals surface area contributed by atoms with Gasteiger partial charge in [0.1, 0.15) is 0 Å².